The van der Waals surface area contributed by atoms with Crippen LogP contribution < -0.4 is 5.32 Å². The average Bonchev–Trinajstić information content (AvgIpc) is 2.41. The normalized spacial score (nSPS) is 20.7. The van der Waals surface area contributed by atoms with Crippen LogP contribution in [0.25, 0.3) is 0 Å². The van der Waals surface area contributed by atoms with Crippen molar-refractivity contribution in [1.82, 2.24) is 5.32 Å². The van der Waals surface area contributed by atoms with Crippen LogP contribution in [-0.4, -0.2) is 13.0 Å². The molecule has 1 fully saturated rings. The van der Waals surface area contributed by atoms with E-state index in [9.17, 15) is 8.78 Å². The van der Waals surface area contributed by atoms with E-state index in [1.807, 2.05) is 7.05 Å². The monoisotopic (exact) mass is 295 g/mol. The Morgan fingerprint density at radius 2 is 1.90 bits per heavy atom. The van der Waals surface area contributed by atoms with Gasteiger partial charge < -0.3 is 5.32 Å². The quantitative estimate of drug-likeness (QED) is 0.808. The lowest BCUT2D eigenvalue weighted by atomic mass is 9.79. The number of halogens is 2. The van der Waals surface area contributed by atoms with Gasteiger partial charge in [0.05, 0.1) is 0 Å². The minimum atomic E-state index is -2.45. The van der Waals surface area contributed by atoms with Crippen LogP contribution in [0.1, 0.15) is 56.7 Å². The Morgan fingerprint density at radius 3 is 2.48 bits per heavy atom. The van der Waals surface area contributed by atoms with Gasteiger partial charge in [0.15, 0.2) is 0 Å². The van der Waals surface area contributed by atoms with Crippen molar-refractivity contribution in [2.45, 2.75) is 57.9 Å². The first-order chi connectivity index (χ1) is 9.91. The molecule has 1 aromatic carbocycles. The van der Waals surface area contributed by atoms with E-state index >= 15 is 0 Å². The van der Waals surface area contributed by atoms with Crippen molar-refractivity contribution in [1.29, 1.82) is 0 Å². The third-order valence-corrected chi connectivity index (χ3v) is 4.50. The maximum atomic E-state index is 13.3. The van der Waals surface area contributed by atoms with E-state index in [1.54, 1.807) is 0 Å². The lowest BCUT2D eigenvalue weighted by Crippen LogP contribution is -2.32. The van der Waals surface area contributed by atoms with Gasteiger partial charge in [0.25, 0.3) is 0 Å². The van der Waals surface area contributed by atoms with Crippen LogP contribution in [0, 0.1) is 11.8 Å². The molecule has 1 saturated carbocycles. The maximum absolute atomic E-state index is 13.3. The van der Waals surface area contributed by atoms with Gasteiger partial charge in [-0.05, 0) is 49.3 Å². The molecule has 3 heteroatoms. The molecular formula is C18H27F2N. The summed E-state index contributed by atoms with van der Waals surface area (Å²) < 4.78 is 26.7. The van der Waals surface area contributed by atoms with Crippen LogP contribution in [0.4, 0.5) is 8.78 Å². The van der Waals surface area contributed by atoms with Crippen molar-refractivity contribution in [3.05, 3.63) is 35.4 Å². The summed E-state index contributed by atoms with van der Waals surface area (Å²) in [5.41, 5.74) is 2.58. The van der Waals surface area contributed by atoms with Crippen molar-refractivity contribution in [3.63, 3.8) is 0 Å². The fraction of sp³-hybridized carbons (Fsp3) is 0.667. The Hall–Kier alpha value is -0.960. The molecule has 0 radical (unpaired) electrons. The second-order valence-electron chi connectivity index (χ2n) is 6.80. The van der Waals surface area contributed by atoms with Gasteiger partial charge >= 0.3 is 0 Å². The standard InChI is InChI=1S/C18H27F2N/c1-13(2)11-14-5-4-6-16(12-14)17(21-3)15-7-9-18(19,20)10-8-15/h4-6,12-13,15,17,21H,7-11H2,1-3H3. The summed E-state index contributed by atoms with van der Waals surface area (Å²) in [5.74, 6) is -1.51. The molecular weight excluding hydrogens is 268 g/mol. The van der Waals surface area contributed by atoms with E-state index in [-0.39, 0.29) is 18.9 Å². The van der Waals surface area contributed by atoms with E-state index in [0.29, 0.717) is 24.7 Å². The highest BCUT2D eigenvalue weighted by Crippen LogP contribution is 2.41. The average molecular weight is 295 g/mol. The SMILES string of the molecule is CNC(c1cccc(CC(C)C)c1)C1CCC(F)(F)CC1. The topological polar surface area (TPSA) is 12.0 Å². The van der Waals surface area contributed by atoms with Gasteiger partial charge in [0, 0.05) is 18.9 Å². The molecule has 0 aliphatic heterocycles. The Bertz CT molecular complexity index is 446. The van der Waals surface area contributed by atoms with Crippen molar-refractivity contribution in [3.8, 4) is 0 Å². The lowest BCUT2D eigenvalue weighted by Gasteiger charge is -2.34. The molecule has 1 N–H and O–H groups in total. The van der Waals surface area contributed by atoms with Crippen LogP contribution in [0.2, 0.25) is 0 Å². The van der Waals surface area contributed by atoms with E-state index in [1.165, 1.54) is 11.1 Å². The molecule has 0 bridgehead atoms. The number of nitrogens with one attached hydrogen (secondary N) is 1. The molecule has 0 aromatic heterocycles. The smallest absolute Gasteiger partial charge is 0.248 e. The molecule has 2 rings (SSSR count). The minimum Gasteiger partial charge on any atom is -0.313 e. The number of hydrogen-bond donors (Lipinski definition) is 1. The Kier molecular flexibility index (Phi) is 5.37. The summed E-state index contributed by atoms with van der Waals surface area (Å²) in [6.45, 7) is 4.43. The van der Waals surface area contributed by atoms with Gasteiger partial charge in [0.1, 0.15) is 0 Å². The summed E-state index contributed by atoms with van der Waals surface area (Å²) in [6, 6.07) is 8.80. The summed E-state index contributed by atoms with van der Waals surface area (Å²) in [5, 5.41) is 3.35. The summed E-state index contributed by atoms with van der Waals surface area (Å²) in [4.78, 5) is 0. The van der Waals surface area contributed by atoms with Crippen LogP contribution >= 0.6 is 0 Å². The van der Waals surface area contributed by atoms with Crippen LogP contribution in [0.15, 0.2) is 24.3 Å². The summed E-state index contributed by atoms with van der Waals surface area (Å²) in [7, 11) is 1.94. The molecule has 1 atom stereocenters. The molecule has 118 valence electrons. The zero-order valence-electron chi connectivity index (χ0n) is 13.3. The van der Waals surface area contributed by atoms with Crippen molar-refractivity contribution < 1.29 is 8.78 Å². The van der Waals surface area contributed by atoms with Gasteiger partial charge in [-0.2, -0.15) is 0 Å². The Balaban J connectivity index is 2.10. The second-order valence-corrected chi connectivity index (χ2v) is 6.80. The fourth-order valence-electron chi connectivity index (χ4n) is 3.46. The molecule has 0 saturated heterocycles. The number of hydrogen-bond acceptors (Lipinski definition) is 1. The van der Waals surface area contributed by atoms with Crippen molar-refractivity contribution >= 4 is 0 Å². The highest BCUT2D eigenvalue weighted by molar-refractivity contribution is 5.27. The zero-order chi connectivity index (χ0) is 15.5. The molecule has 0 amide bonds. The summed E-state index contributed by atoms with van der Waals surface area (Å²) >= 11 is 0. The highest BCUT2D eigenvalue weighted by Gasteiger charge is 2.37. The van der Waals surface area contributed by atoms with Crippen molar-refractivity contribution in [2.24, 2.45) is 11.8 Å². The molecule has 1 aliphatic rings. The van der Waals surface area contributed by atoms with Crippen molar-refractivity contribution in [2.75, 3.05) is 7.05 Å². The Morgan fingerprint density at radius 1 is 1.24 bits per heavy atom. The molecule has 0 spiro atoms. The van der Waals surface area contributed by atoms with Crippen LogP contribution in [0.3, 0.4) is 0 Å². The Labute approximate surface area is 127 Å². The first-order valence-corrected chi connectivity index (χ1v) is 8.05. The summed E-state index contributed by atoms with van der Waals surface area (Å²) in [6.07, 6.45) is 2.33. The lowest BCUT2D eigenvalue weighted by molar-refractivity contribution is -0.0495. The third kappa shape index (κ3) is 4.50. The second kappa shape index (κ2) is 6.87. The molecule has 1 aliphatic carbocycles. The maximum Gasteiger partial charge on any atom is 0.248 e. The molecule has 1 nitrogen and oxygen atoms in total. The minimum absolute atomic E-state index is 0.0293. The largest absolute Gasteiger partial charge is 0.313 e. The van der Waals surface area contributed by atoms with E-state index in [2.05, 4.69) is 43.4 Å². The molecule has 0 heterocycles. The molecule has 1 unspecified atom stereocenters. The van der Waals surface area contributed by atoms with Crippen LogP contribution in [0.5, 0.6) is 0 Å². The molecule has 1 aromatic rings. The van der Waals surface area contributed by atoms with Crippen LogP contribution in [-0.2, 0) is 6.42 Å². The fourth-order valence-corrected chi connectivity index (χ4v) is 3.46. The van der Waals surface area contributed by atoms with Gasteiger partial charge in [0.2, 0.25) is 5.92 Å². The van der Waals surface area contributed by atoms with E-state index < -0.39 is 5.92 Å². The van der Waals surface area contributed by atoms with Gasteiger partial charge in [-0.25, -0.2) is 8.78 Å². The zero-order valence-corrected chi connectivity index (χ0v) is 13.3. The van der Waals surface area contributed by atoms with Gasteiger partial charge in [-0.15, -0.1) is 0 Å². The number of alkyl halides is 2. The van der Waals surface area contributed by atoms with E-state index in [4.69, 9.17) is 0 Å². The predicted octanol–water partition coefficient (Wildman–Crippen LogP) is 4.97. The van der Waals surface area contributed by atoms with Gasteiger partial charge in [-0.3, -0.25) is 0 Å². The van der Waals surface area contributed by atoms with Gasteiger partial charge in [-0.1, -0.05) is 38.1 Å². The first kappa shape index (κ1) is 16.4. The third-order valence-electron chi connectivity index (χ3n) is 4.50. The predicted molar refractivity (Wildman–Crippen MR) is 83.7 cm³/mol. The molecule has 21 heavy (non-hydrogen) atoms. The van der Waals surface area contributed by atoms with E-state index in [0.717, 1.165) is 6.42 Å². The number of benzene rings is 1. The first-order valence-electron chi connectivity index (χ1n) is 8.05. The highest BCUT2D eigenvalue weighted by atomic mass is 19.3. The number of rotatable bonds is 5.